The SMILES string of the molecule is CCC[C@H]1CN(c2nc(N)c(C(=O)Nc3ccncc3)nc2Cl)CCN1C1CCN(C(=O)c2ccc(Cl)nc2N)CC1. The molecule has 42 heavy (non-hydrogen) atoms. The molecule has 0 bridgehead atoms. The smallest absolute Gasteiger partial charge is 0.278 e. The van der Waals surface area contributed by atoms with Gasteiger partial charge in [-0.1, -0.05) is 36.5 Å². The molecule has 0 spiro atoms. The second-order valence-corrected chi connectivity index (χ2v) is 11.2. The third kappa shape index (κ3) is 6.50. The Bertz CT molecular complexity index is 1440. The molecule has 3 aromatic heterocycles. The first-order valence-corrected chi connectivity index (χ1v) is 14.8. The first-order chi connectivity index (χ1) is 20.2. The third-order valence-electron chi connectivity index (χ3n) is 7.81. The fraction of sp³-hybridized carbons (Fsp3) is 0.429. The monoisotopic (exact) mass is 612 g/mol. The lowest BCUT2D eigenvalue weighted by atomic mass is 9.97. The van der Waals surface area contributed by atoms with Crippen LogP contribution in [0.5, 0.6) is 0 Å². The minimum Gasteiger partial charge on any atom is -0.383 e. The average Bonchev–Trinajstić information content (AvgIpc) is 2.98. The first kappa shape index (κ1) is 29.7. The largest absolute Gasteiger partial charge is 0.383 e. The van der Waals surface area contributed by atoms with Crippen LogP contribution in [0.25, 0.3) is 0 Å². The maximum Gasteiger partial charge on any atom is 0.278 e. The summed E-state index contributed by atoms with van der Waals surface area (Å²) in [6, 6.07) is 7.16. The topological polar surface area (TPSA) is 159 Å². The molecule has 0 aromatic carbocycles. The van der Waals surface area contributed by atoms with E-state index in [1.54, 1.807) is 36.7 Å². The van der Waals surface area contributed by atoms with Crippen LogP contribution in [-0.2, 0) is 0 Å². The molecule has 12 nitrogen and oxygen atoms in total. The standard InChI is InChI=1S/C28H34Cl2N10O2/c1-2-3-19-16-39(26-23(30)36-22(25(32)37-26)27(41)34-17-6-10-33-11-7-17)14-15-40(19)18-8-12-38(13-9-18)28(42)20-4-5-21(29)35-24(20)31/h4-7,10-11,18-19H,2-3,8-9,12-16H2,1H3,(H2,31,35)(H2,32,37)(H,33,34,41)/t19-/m0/s1. The van der Waals surface area contributed by atoms with Crippen LogP contribution < -0.4 is 21.7 Å². The van der Waals surface area contributed by atoms with Crippen molar-refractivity contribution in [3.8, 4) is 0 Å². The van der Waals surface area contributed by atoms with Gasteiger partial charge < -0.3 is 26.6 Å². The first-order valence-electron chi connectivity index (χ1n) is 14.0. The van der Waals surface area contributed by atoms with Crippen LogP contribution in [0, 0.1) is 0 Å². The molecule has 0 saturated carbocycles. The van der Waals surface area contributed by atoms with Crippen molar-refractivity contribution in [2.75, 3.05) is 54.4 Å². The Morgan fingerprint density at radius 2 is 1.71 bits per heavy atom. The summed E-state index contributed by atoms with van der Waals surface area (Å²) >= 11 is 12.5. The fourth-order valence-electron chi connectivity index (χ4n) is 5.75. The van der Waals surface area contributed by atoms with E-state index in [2.05, 4.69) is 42.0 Å². The highest BCUT2D eigenvalue weighted by Crippen LogP contribution is 2.31. The predicted octanol–water partition coefficient (Wildman–Crippen LogP) is 3.59. The Morgan fingerprint density at radius 3 is 2.40 bits per heavy atom. The van der Waals surface area contributed by atoms with Crippen molar-refractivity contribution in [3.05, 3.63) is 58.2 Å². The van der Waals surface area contributed by atoms with E-state index in [0.29, 0.717) is 49.3 Å². The van der Waals surface area contributed by atoms with E-state index in [1.165, 1.54) is 0 Å². The van der Waals surface area contributed by atoms with Crippen LogP contribution in [-0.4, -0.2) is 86.4 Å². The van der Waals surface area contributed by atoms with Crippen molar-refractivity contribution in [1.82, 2.24) is 29.7 Å². The maximum atomic E-state index is 13.1. The Kier molecular flexibility index (Phi) is 9.24. The van der Waals surface area contributed by atoms with Gasteiger partial charge in [-0.05, 0) is 43.5 Å². The molecule has 2 saturated heterocycles. The molecular weight excluding hydrogens is 579 g/mol. The number of hydrogen-bond acceptors (Lipinski definition) is 10. The number of carbonyl (C=O) groups excluding carboxylic acids is 2. The minimum atomic E-state index is -0.492. The van der Waals surface area contributed by atoms with E-state index >= 15 is 0 Å². The zero-order valence-corrected chi connectivity index (χ0v) is 24.9. The lowest BCUT2D eigenvalue weighted by molar-refractivity contribution is 0.0481. The molecule has 222 valence electrons. The van der Waals surface area contributed by atoms with Gasteiger partial charge in [-0.2, -0.15) is 0 Å². The maximum absolute atomic E-state index is 13.1. The summed E-state index contributed by atoms with van der Waals surface area (Å²) in [6.45, 7) is 5.64. The van der Waals surface area contributed by atoms with Gasteiger partial charge >= 0.3 is 0 Å². The van der Waals surface area contributed by atoms with Gasteiger partial charge in [0, 0.05) is 62.9 Å². The summed E-state index contributed by atoms with van der Waals surface area (Å²) in [5.74, 6) is 0.0365. The Balaban J connectivity index is 1.23. The number of carbonyl (C=O) groups is 2. The molecule has 5 N–H and O–H groups in total. The quantitative estimate of drug-likeness (QED) is 0.336. The number of likely N-dealkylation sites (tertiary alicyclic amines) is 1. The van der Waals surface area contributed by atoms with Crippen molar-refractivity contribution in [3.63, 3.8) is 0 Å². The van der Waals surface area contributed by atoms with Crippen LogP contribution in [0.4, 0.5) is 23.1 Å². The highest BCUT2D eigenvalue weighted by Gasteiger charge is 2.36. The van der Waals surface area contributed by atoms with E-state index in [4.69, 9.17) is 34.7 Å². The molecule has 0 radical (unpaired) electrons. The summed E-state index contributed by atoms with van der Waals surface area (Å²) in [7, 11) is 0. The lowest BCUT2D eigenvalue weighted by Crippen LogP contribution is -2.59. The van der Waals surface area contributed by atoms with Gasteiger partial charge in [0.05, 0.1) is 5.56 Å². The second-order valence-electron chi connectivity index (χ2n) is 10.5. The number of anilines is 4. The molecule has 0 unspecified atom stereocenters. The van der Waals surface area contributed by atoms with Crippen molar-refractivity contribution in [2.24, 2.45) is 0 Å². The van der Waals surface area contributed by atoms with E-state index in [9.17, 15) is 9.59 Å². The summed E-state index contributed by atoms with van der Waals surface area (Å²) < 4.78 is 0. The fourth-order valence-corrected chi connectivity index (χ4v) is 6.15. The summed E-state index contributed by atoms with van der Waals surface area (Å²) in [4.78, 5) is 49.1. The van der Waals surface area contributed by atoms with E-state index < -0.39 is 5.91 Å². The van der Waals surface area contributed by atoms with Crippen LogP contribution in [0.2, 0.25) is 10.3 Å². The highest BCUT2D eigenvalue weighted by molar-refractivity contribution is 6.32. The Hall–Kier alpha value is -3.74. The number of nitrogens with two attached hydrogens (primary N) is 2. The Morgan fingerprint density at radius 1 is 0.976 bits per heavy atom. The summed E-state index contributed by atoms with van der Waals surface area (Å²) in [6.07, 6.45) is 6.89. The van der Waals surface area contributed by atoms with Gasteiger partial charge in [0.1, 0.15) is 11.0 Å². The second kappa shape index (κ2) is 13.1. The molecule has 2 amide bonds. The van der Waals surface area contributed by atoms with Gasteiger partial charge in [-0.3, -0.25) is 19.5 Å². The normalized spacial score (nSPS) is 18.2. The van der Waals surface area contributed by atoms with Crippen molar-refractivity contribution >= 4 is 58.2 Å². The van der Waals surface area contributed by atoms with Gasteiger partial charge in [0.15, 0.2) is 22.5 Å². The van der Waals surface area contributed by atoms with Gasteiger partial charge in [-0.25, -0.2) is 15.0 Å². The number of piperazine rings is 1. The van der Waals surface area contributed by atoms with Crippen molar-refractivity contribution in [1.29, 1.82) is 0 Å². The van der Waals surface area contributed by atoms with Gasteiger partial charge in [-0.15, -0.1) is 0 Å². The van der Waals surface area contributed by atoms with Crippen molar-refractivity contribution < 1.29 is 9.59 Å². The van der Waals surface area contributed by atoms with E-state index in [0.717, 1.165) is 32.2 Å². The lowest BCUT2D eigenvalue weighted by Gasteiger charge is -2.48. The summed E-state index contributed by atoms with van der Waals surface area (Å²) in [5, 5.41) is 3.14. The molecule has 1 atom stereocenters. The van der Waals surface area contributed by atoms with E-state index in [-0.39, 0.29) is 39.6 Å². The molecule has 5 rings (SSSR count). The zero-order chi connectivity index (χ0) is 29.8. The number of piperidine rings is 1. The zero-order valence-electron chi connectivity index (χ0n) is 23.3. The molecule has 3 aromatic rings. The number of nitrogen functional groups attached to an aromatic ring is 2. The molecule has 2 aliphatic rings. The van der Waals surface area contributed by atoms with Crippen molar-refractivity contribution in [2.45, 2.75) is 44.7 Å². The molecule has 14 heteroatoms. The number of aromatic nitrogens is 4. The summed E-state index contributed by atoms with van der Waals surface area (Å²) in [5.41, 5.74) is 13.1. The van der Waals surface area contributed by atoms with Gasteiger partial charge in [0.25, 0.3) is 11.8 Å². The molecular formula is C28H34Cl2N10O2. The van der Waals surface area contributed by atoms with Crippen LogP contribution in [0.15, 0.2) is 36.7 Å². The molecule has 5 heterocycles. The van der Waals surface area contributed by atoms with Crippen LogP contribution in [0.1, 0.15) is 53.5 Å². The molecule has 2 fully saturated rings. The predicted molar refractivity (Wildman–Crippen MR) is 164 cm³/mol. The van der Waals surface area contributed by atoms with Crippen LogP contribution in [0.3, 0.4) is 0 Å². The minimum absolute atomic E-state index is 0.0176. The number of halogens is 2. The number of rotatable bonds is 7. The number of nitrogens with one attached hydrogen (secondary N) is 1. The number of pyridine rings is 2. The van der Waals surface area contributed by atoms with Gasteiger partial charge in [0.2, 0.25) is 0 Å². The van der Waals surface area contributed by atoms with E-state index in [1.807, 2.05) is 4.90 Å². The highest BCUT2D eigenvalue weighted by atomic mass is 35.5. The average molecular weight is 614 g/mol. The number of amides is 2. The Labute approximate surface area is 254 Å². The molecule has 2 aliphatic heterocycles. The van der Waals surface area contributed by atoms with Crippen LogP contribution >= 0.6 is 23.2 Å². The molecule has 0 aliphatic carbocycles. The third-order valence-corrected chi connectivity index (χ3v) is 8.27. The number of hydrogen-bond donors (Lipinski definition) is 3. The number of nitrogens with zero attached hydrogens (tertiary/aromatic N) is 7.